The van der Waals surface area contributed by atoms with E-state index >= 15 is 0 Å². The molecule has 4 heterocycles. The Bertz CT molecular complexity index is 2140. The lowest BCUT2D eigenvalue weighted by Crippen LogP contribution is -2.64. The van der Waals surface area contributed by atoms with Gasteiger partial charge in [-0.2, -0.15) is 5.10 Å². The van der Waals surface area contributed by atoms with E-state index in [4.69, 9.17) is 30.4 Å². The van der Waals surface area contributed by atoms with Crippen LogP contribution in [0, 0.1) is 17.8 Å². The molecule has 2 fully saturated rings. The van der Waals surface area contributed by atoms with E-state index in [1.54, 1.807) is 63.3 Å². The second kappa shape index (κ2) is 35.6. The molecule has 1 amide bonds. The van der Waals surface area contributed by atoms with Gasteiger partial charge in [0.25, 0.3) is 0 Å². The van der Waals surface area contributed by atoms with Crippen LogP contribution in [-0.4, -0.2) is 213 Å². The molecule has 3 aliphatic rings. The fourth-order valence-corrected chi connectivity index (χ4v) is 10.1. The van der Waals surface area contributed by atoms with Gasteiger partial charge in [0.05, 0.1) is 92.1 Å². The summed E-state index contributed by atoms with van der Waals surface area (Å²) in [7, 11) is 0. The van der Waals surface area contributed by atoms with Gasteiger partial charge in [-0.25, -0.2) is 4.98 Å². The smallest absolute Gasteiger partial charge is 0.308 e. The van der Waals surface area contributed by atoms with E-state index in [1.807, 2.05) is 54.4 Å². The van der Waals surface area contributed by atoms with Crippen molar-refractivity contribution in [3.63, 3.8) is 0 Å². The van der Waals surface area contributed by atoms with E-state index in [2.05, 4.69) is 15.4 Å². The van der Waals surface area contributed by atoms with Crippen LogP contribution in [0.15, 0.2) is 97.7 Å². The summed E-state index contributed by atoms with van der Waals surface area (Å²) in [6.45, 7) is 8.81. The van der Waals surface area contributed by atoms with Crippen LogP contribution >= 0.6 is 0 Å². The highest BCUT2D eigenvalue weighted by Crippen LogP contribution is 2.38. The highest BCUT2D eigenvalue weighted by atomic mass is 16.7. The van der Waals surface area contributed by atoms with Crippen molar-refractivity contribution in [2.45, 2.75) is 196 Å². The Kier molecular flexibility index (Phi) is 30.3. The summed E-state index contributed by atoms with van der Waals surface area (Å²) in [5, 5.41) is 120. The van der Waals surface area contributed by atoms with Crippen molar-refractivity contribution in [3.8, 4) is 0 Å². The molecule has 0 spiro atoms. The number of cyclic esters (lactones) is 1. The van der Waals surface area contributed by atoms with Crippen molar-refractivity contribution < 1.29 is 79.6 Å². The van der Waals surface area contributed by atoms with Crippen molar-refractivity contribution in [1.82, 2.24) is 25.0 Å². The number of hydrogen-bond acceptors (Lipinski definition) is 21. The van der Waals surface area contributed by atoms with Crippen LogP contribution in [0.25, 0.3) is 0 Å². The van der Waals surface area contributed by atoms with Crippen LogP contribution in [0.4, 0.5) is 0 Å². The van der Waals surface area contributed by atoms with Gasteiger partial charge >= 0.3 is 5.97 Å². The fourth-order valence-electron chi connectivity index (χ4n) is 10.1. The molecule has 0 radical (unpaired) electrons. The third kappa shape index (κ3) is 23.1. The molecular weight excluding hydrogens is 1040 g/mol. The Labute approximate surface area is 470 Å². The molecule has 2 bridgehead atoms. The first-order valence-corrected chi connectivity index (χ1v) is 28.1. The lowest BCUT2D eigenvalue weighted by Gasteiger charge is -2.48. The monoisotopic (exact) mass is 1130 g/mol. The first kappa shape index (κ1) is 68.1. The van der Waals surface area contributed by atoms with E-state index in [-0.39, 0.29) is 44.7 Å². The Balaban J connectivity index is 1.67. The van der Waals surface area contributed by atoms with Gasteiger partial charge in [0.2, 0.25) is 5.91 Å². The standard InChI is InChI=1S/C57H93N7O16/c1-37-19-15-13-11-9-7-5-6-8-10-12-14-16-20-44(79-56-54(74)51(53(73)40(4)78-56)63(26-17-23-58)27-18-24-59)32-48-50(55(75)61-25-28-64-36-60-35-62-64)47(70)34-57(76,80-48)33-43(67)30-46(69)45(68)22-21-41(65)29-42(66)31-49(71)77-39(3)38(2)52(37)72/h5-16,19-20,35-48,50-54,56,65-70,72-74,76H,17-18,21-34,58-59H2,1-4H3,(H,61,75)/b6-5+,9-7+,10-8+,13-11+,14-12+,19-15+,20-16+/t37-,38-,39-,40+,41+,42+,43-,44-,45+,46+,47-,48-,50+,51-,52+,53+,54-,56-,57+/m0/s1. The molecule has 19 atom stereocenters. The number of ether oxygens (including phenoxy) is 4. The molecule has 452 valence electrons. The lowest BCUT2D eigenvalue weighted by atomic mass is 9.82. The predicted molar refractivity (Wildman–Crippen MR) is 297 cm³/mol. The Morgan fingerprint density at radius 2 is 1.35 bits per heavy atom. The fraction of sp³-hybridized carbons (Fsp3) is 0.684. The van der Waals surface area contributed by atoms with Gasteiger partial charge in [-0.05, 0) is 72.1 Å². The number of nitrogens with zero attached hydrogens (tertiary/aromatic N) is 4. The maximum atomic E-state index is 14.1. The van der Waals surface area contributed by atoms with Crippen LogP contribution in [0.3, 0.4) is 0 Å². The molecule has 15 N–H and O–H groups in total. The first-order chi connectivity index (χ1) is 38.2. The number of carbonyl (C=O) groups is 2. The van der Waals surface area contributed by atoms with Crippen LogP contribution in [-0.2, 0) is 35.1 Å². The molecule has 2 saturated heterocycles. The second-order valence-electron chi connectivity index (χ2n) is 21.4. The molecule has 80 heavy (non-hydrogen) atoms. The summed E-state index contributed by atoms with van der Waals surface area (Å²) in [6, 6.07) is -0.861. The highest BCUT2D eigenvalue weighted by Gasteiger charge is 2.51. The Hall–Kier alpha value is -4.38. The summed E-state index contributed by atoms with van der Waals surface area (Å²) in [4.78, 5) is 32.7. The number of fused-ring (bicyclic) bond motifs is 2. The number of aromatic nitrogens is 3. The highest BCUT2D eigenvalue weighted by molar-refractivity contribution is 5.80. The molecule has 3 aliphatic heterocycles. The van der Waals surface area contributed by atoms with Gasteiger partial charge in [-0.3, -0.25) is 19.2 Å². The summed E-state index contributed by atoms with van der Waals surface area (Å²) in [5.41, 5.74) is 11.7. The number of nitrogens with one attached hydrogen (secondary N) is 1. The zero-order valence-corrected chi connectivity index (χ0v) is 46.8. The number of allylic oxidation sites excluding steroid dienone is 12. The number of nitrogens with two attached hydrogens (primary N) is 2. The van der Waals surface area contributed by atoms with Crippen LogP contribution in [0.2, 0.25) is 0 Å². The van der Waals surface area contributed by atoms with Gasteiger partial charge < -0.3 is 86.8 Å². The number of amides is 1. The molecule has 23 heteroatoms. The van der Waals surface area contributed by atoms with Gasteiger partial charge in [-0.1, -0.05) is 98.9 Å². The minimum absolute atomic E-state index is 0.0743. The molecule has 1 aromatic heterocycles. The summed E-state index contributed by atoms with van der Waals surface area (Å²) in [6.07, 6.45) is 8.60. The second-order valence-corrected chi connectivity index (χ2v) is 21.4. The average molecular weight is 1130 g/mol. The van der Waals surface area contributed by atoms with Crippen LogP contribution in [0.1, 0.15) is 91.9 Å². The van der Waals surface area contributed by atoms with E-state index in [9.17, 15) is 60.7 Å². The summed E-state index contributed by atoms with van der Waals surface area (Å²) < 4.78 is 26.0. The van der Waals surface area contributed by atoms with E-state index in [0.29, 0.717) is 39.0 Å². The van der Waals surface area contributed by atoms with E-state index < -0.39 is 147 Å². The molecular formula is C57H93N7O16. The molecule has 4 rings (SSSR count). The van der Waals surface area contributed by atoms with Crippen molar-refractivity contribution in [2.24, 2.45) is 29.2 Å². The largest absolute Gasteiger partial charge is 0.462 e. The minimum atomic E-state index is -2.31. The zero-order chi connectivity index (χ0) is 58.8. The minimum Gasteiger partial charge on any atom is -0.462 e. The average Bonchev–Trinajstić information content (AvgIpc) is 3.94. The summed E-state index contributed by atoms with van der Waals surface area (Å²) >= 11 is 0. The SMILES string of the molecule is C[C@@H]1[C@H](O)[C@@H](C)/C=C/C=C/C=C/C=C/C=C/C=C/C=C/[C@H](O[C@@H]2O[C@H](C)[C@@H](O)[C@H](N(CCCN)CCCN)[C@@H]2O)C[C@@H]2O[C@](O)(C[C@@H](O)C[C@@H](O)[C@H](O)CC[C@@H](O)C[C@@H](O)CC(=O)O[C@H]1C)C[C@H](O)[C@H]2C(=O)NCCn1cncn1. The maximum Gasteiger partial charge on any atom is 0.308 e. The summed E-state index contributed by atoms with van der Waals surface area (Å²) in [5.74, 6) is -5.76. The number of esters is 1. The first-order valence-electron chi connectivity index (χ1n) is 28.1. The van der Waals surface area contributed by atoms with Crippen molar-refractivity contribution in [2.75, 3.05) is 32.7 Å². The molecule has 0 aliphatic carbocycles. The van der Waals surface area contributed by atoms with Crippen LogP contribution in [0.5, 0.6) is 0 Å². The molecule has 0 aromatic carbocycles. The van der Waals surface area contributed by atoms with E-state index in [0.717, 1.165) is 0 Å². The predicted octanol–water partition coefficient (Wildman–Crippen LogP) is 0.0759. The molecule has 23 nitrogen and oxygen atoms in total. The quantitative estimate of drug-likeness (QED) is 0.116. The third-order valence-corrected chi connectivity index (χ3v) is 14.8. The Morgan fingerprint density at radius 1 is 0.738 bits per heavy atom. The third-order valence-electron chi connectivity index (χ3n) is 14.8. The lowest BCUT2D eigenvalue weighted by molar-refractivity contribution is -0.311. The topological polar surface area (TPSA) is 371 Å². The van der Waals surface area contributed by atoms with Gasteiger partial charge in [-0.15, -0.1) is 0 Å². The number of rotatable bonds is 13. The molecule has 0 unspecified atom stereocenters. The normalized spacial score (nSPS) is 39.2. The number of carbonyl (C=O) groups excluding carboxylic acids is 2. The number of aliphatic hydroxyl groups is 10. The van der Waals surface area contributed by atoms with Crippen molar-refractivity contribution in [1.29, 1.82) is 0 Å². The Morgan fingerprint density at radius 3 is 1.95 bits per heavy atom. The van der Waals surface area contributed by atoms with E-state index in [1.165, 1.54) is 17.3 Å². The van der Waals surface area contributed by atoms with Gasteiger partial charge in [0, 0.05) is 44.1 Å². The van der Waals surface area contributed by atoms with Gasteiger partial charge in [0.15, 0.2) is 12.1 Å². The molecule has 1 aromatic rings. The number of hydrogen-bond donors (Lipinski definition) is 13. The van der Waals surface area contributed by atoms with Gasteiger partial charge in [0.1, 0.15) is 24.9 Å². The molecule has 0 saturated carbocycles. The number of aliphatic hydroxyl groups excluding tert-OH is 9. The van der Waals surface area contributed by atoms with Crippen LogP contribution < -0.4 is 16.8 Å². The maximum absolute atomic E-state index is 14.1. The van der Waals surface area contributed by atoms with Crippen molar-refractivity contribution in [3.05, 3.63) is 97.7 Å². The van der Waals surface area contributed by atoms with Crippen molar-refractivity contribution >= 4 is 11.9 Å². The zero-order valence-electron chi connectivity index (χ0n) is 46.8.